The molecule has 3 heterocycles. The number of rotatable bonds is 7. The van der Waals surface area contributed by atoms with Gasteiger partial charge in [-0.3, -0.25) is 9.48 Å². The van der Waals surface area contributed by atoms with Crippen LogP contribution in [-0.2, 0) is 6.54 Å². The third-order valence-electron chi connectivity index (χ3n) is 5.89. The number of benzene rings is 1. The number of hydrogen-bond acceptors (Lipinski definition) is 6. The number of ether oxygens (including phenoxy) is 1. The zero-order chi connectivity index (χ0) is 22.2. The normalized spacial score (nSPS) is 14.5. The molecule has 1 N–H and O–H groups in total. The van der Waals surface area contributed by atoms with Crippen molar-refractivity contribution in [1.29, 1.82) is 0 Å². The minimum atomic E-state index is -0.210. The number of hydrogen-bond donors (Lipinski definition) is 1. The van der Waals surface area contributed by atoms with Crippen LogP contribution in [0.1, 0.15) is 60.4 Å². The second-order valence-electron chi connectivity index (χ2n) is 8.08. The van der Waals surface area contributed by atoms with Gasteiger partial charge >= 0.3 is 0 Å². The highest BCUT2D eigenvalue weighted by molar-refractivity contribution is 6.09. The first-order chi connectivity index (χ1) is 15.6. The Balaban J connectivity index is 1.58. The van der Waals surface area contributed by atoms with Crippen LogP contribution in [0.25, 0.3) is 22.4 Å². The van der Waals surface area contributed by atoms with E-state index in [0.717, 1.165) is 36.3 Å². The molecule has 1 aliphatic carbocycles. The summed E-state index contributed by atoms with van der Waals surface area (Å²) < 4.78 is 12.8. The van der Waals surface area contributed by atoms with Crippen LogP contribution in [0.15, 0.2) is 47.1 Å². The summed E-state index contributed by atoms with van der Waals surface area (Å²) in [4.78, 5) is 18.2. The first-order valence-electron chi connectivity index (χ1n) is 10.9. The maximum Gasteiger partial charge on any atom is 0.259 e. The first kappa shape index (κ1) is 20.2. The average Bonchev–Trinajstić information content (AvgIpc) is 3.40. The number of pyridine rings is 1. The Morgan fingerprint density at radius 1 is 1.31 bits per heavy atom. The van der Waals surface area contributed by atoms with Gasteiger partial charge in [-0.05, 0) is 51.0 Å². The molecule has 3 aromatic heterocycles. The van der Waals surface area contributed by atoms with E-state index in [1.807, 2.05) is 54.9 Å². The van der Waals surface area contributed by atoms with E-state index >= 15 is 0 Å². The van der Waals surface area contributed by atoms with Crippen LogP contribution in [0.3, 0.4) is 0 Å². The average molecular weight is 431 g/mol. The number of aryl methyl sites for hydroxylation is 1. The molecule has 164 valence electrons. The van der Waals surface area contributed by atoms with Crippen LogP contribution in [0.5, 0.6) is 5.75 Å². The van der Waals surface area contributed by atoms with Crippen molar-refractivity contribution in [3.05, 3.63) is 59.5 Å². The standard InChI is InChI=1S/C24H25N5O3/c1-4-29-20(10-11-25-29)14(2)26-23(30)18-13-19(15-8-9-15)27-24-21(18)22(28-32-24)16-6-5-7-17(12-16)31-3/h5-7,10-15H,4,8-9H2,1-3H3,(H,26,30)/t14-/m1/s1. The summed E-state index contributed by atoms with van der Waals surface area (Å²) in [7, 11) is 1.62. The van der Waals surface area contributed by atoms with E-state index < -0.39 is 0 Å². The van der Waals surface area contributed by atoms with Crippen LogP contribution in [0.4, 0.5) is 0 Å². The van der Waals surface area contributed by atoms with Crippen molar-refractivity contribution in [1.82, 2.24) is 25.2 Å². The molecule has 0 aliphatic heterocycles. The summed E-state index contributed by atoms with van der Waals surface area (Å²) in [6.07, 6.45) is 3.89. The van der Waals surface area contributed by atoms with Crippen LogP contribution < -0.4 is 10.1 Å². The second kappa shape index (κ2) is 8.11. The molecule has 8 heteroatoms. The summed E-state index contributed by atoms with van der Waals surface area (Å²) in [5.41, 5.74) is 4.10. The first-order valence-corrected chi connectivity index (χ1v) is 10.9. The quantitative estimate of drug-likeness (QED) is 0.463. The van der Waals surface area contributed by atoms with E-state index in [-0.39, 0.29) is 11.9 Å². The Morgan fingerprint density at radius 3 is 2.91 bits per heavy atom. The highest BCUT2D eigenvalue weighted by Crippen LogP contribution is 2.41. The molecule has 8 nitrogen and oxygen atoms in total. The molecular formula is C24H25N5O3. The molecule has 1 atom stereocenters. The largest absolute Gasteiger partial charge is 0.497 e. The van der Waals surface area contributed by atoms with Gasteiger partial charge in [0.1, 0.15) is 11.4 Å². The smallest absolute Gasteiger partial charge is 0.259 e. The molecule has 0 spiro atoms. The van der Waals surface area contributed by atoms with Crippen molar-refractivity contribution < 1.29 is 14.1 Å². The van der Waals surface area contributed by atoms with Gasteiger partial charge in [0.05, 0.1) is 29.8 Å². The molecule has 0 bridgehead atoms. The highest BCUT2D eigenvalue weighted by Gasteiger charge is 2.30. The number of fused-ring (bicyclic) bond motifs is 1. The summed E-state index contributed by atoms with van der Waals surface area (Å²) in [6, 6.07) is 11.1. The van der Waals surface area contributed by atoms with Crippen LogP contribution in [-0.4, -0.2) is 32.9 Å². The maximum atomic E-state index is 13.5. The highest BCUT2D eigenvalue weighted by atomic mass is 16.5. The van der Waals surface area contributed by atoms with E-state index in [1.165, 1.54) is 0 Å². The molecule has 0 saturated heterocycles. The molecule has 32 heavy (non-hydrogen) atoms. The zero-order valence-corrected chi connectivity index (χ0v) is 18.3. The van der Waals surface area contributed by atoms with Crippen LogP contribution in [0, 0.1) is 0 Å². The lowest BCUT2D eigenvalue weighted by molar-refractivity contribution is 0.0939. The molecule has 1 fully saturated rings. The third kappa shape index (κ3) is 3.62. The van der Waals surface area contributed by atoms with Crippen molar-refractivity contribution >= 4 is 17.0 Å². The number of methoxy groups -OCH3 is 1. The lowest BCUT2D eigenvalue weighted by atomic mass is 10.0. The molecule has 1 amide bonds. The van der Waals surface area contributed by atoms with Gasteiger partial charge in [0, 0.05) is 29.9 Å². The fraction of sp³-hybridized carbons (Fsp3) is 0.333. The number of carbonyl (C=O) groups excluding carboxylic acids is 1. The molecule has 5 rings (SSSR count). The molecular weight excluding hydrogens is 406 g/mol. The maximum absolute atomic E-state index is 13.5. The molecule has 0 unspecified atom stereocenters. The SMILES string of the molecule is CCn1nccc1[C@@H](C)NC(=O)c1cc(C2CC2)nc2onc(-c3cccc(OC)c3)c12. The van der Waals surface area contributed by atoms with Crippen LogP contribution >= 0.6 is 0 Å². The van der Waals surface area contributed by atoms with E-state index in [4.69, 9.17) is 9.26 Å². The lowest BCUT2D eigenvalue weighted by Gasteiger charge is -2.16. The zero-order valence-electron chi connectivity index (χ0n) is 18.3. The number of nitrogens with zero attached hydrogens (tertiary/aromatic N) is 4. The van der Waals surface area contributed by atoms with Crippen molar-refractivity contribution in [2.75, 3.05) is 7.11 Å². The summed E-state index contributed by atoms with van der Waals surface area (Å²) in [5, 5.41) is 12.3. The number of aromatic nitrogens is 4. The summed E-state index contributed by atoms with van der Waals surface area (Å²) in [6.45, 7) is 4.72. The van der Waals surface area contributed by atoms with Gasteiger partial charge in [0.15, 0.2) is 0 Å². The third-order valence-corrected chi connectivity index (χ3v) is 5.89. The number of amides is 1. The van der Waals surface area contributed by atoms with Gasteiger partial charge in [0.25, 0.3) is 11.6 Å². The molecule has 1 aromatic carbocycles. The van der Waals surface area contributed by atoms with Crippen molar-refractivity contribution in [2.45, 2.75) is 45.2 Å². The monoisotopic (exact) mass is 431 g/mol. The van der Waals surface area contributed by atoms with Gasteiger partial charge in [-0.1, -0.05) is 17.3 Å². The number of nitrogens with one attached hydrogen (secondary N) is 1. The second-order valence-corrected chi connectivity index (χ2v) is 8.08. The molecule has 0 radical (unpaired) electrons. The minimum absolute atomic E-state index is 0.192. The van der Waals surface area contributed by atoms with E-state index in [0.29, 0.717) is 34.0 Å². The van der Waals surface area contributed by atoms with Gasteiger partial charge in [0.2, 0.25) is 0 Å². The van der Waals surface area contributed by atoms with Crippen molar-refractivity contribution in [3.63, 3.8) is 0 Å². The molecule has 4 aromatic rings. The van der Waals surface area contributed by atoms with Gasteiger partial charge in [-0.15, -0.1) is 0 Å². The Kier molecular flexibility index (Phi) is 5.13. The van der Waals surface area contributed by atoms with E-state index in [2.05, 4.69) is 20.6 Å². The topological polar surface area (TPSA) is 95.1 Å². The van der Waals surface area contributed by atoms with E-state index in [1.54, 1.807) is 13.3 Å². The summed E-state index contributed by atoms with van der Waals surface area (Å²) >= 11 is 0. The van der Waals surface area contributed by atoms with Crippen molar-refractivity contribution in [2.24, 2.45) is 0 Å². The predicted molar refractivity (Wildman–Crippen MR) is 120 cm³/mol. The van der Waals surface area contributed by atoms with Crippen LogP contribution in [0.2, 0.25) is 0 Å². The fourth-order valence-corrected chi connectivity index (χ4v) is 4.03. The summed E-state index contributed by atoms with van der Waals surface area (Å²) in [5.74, 6) is 0.881. The predicted octanol–water partition coefficient (Wildman–Crippen LogP) is 4.48. The molecule has 1 aliphatic rings. The van der Waals surface area contributed by atoms with Gasteiger partial charge < -0.3 is 14.6 Å². The van der Waals surface area contributed by atoms with Gasteiger partial charge in [-0.2, -0.15) is 5.10 Å². The van der Waals surface area contributed by atoms with Gasteiger partial charge in [-0.25, -0.2) is 4.98 Å². The Labute approximate surface area is 185 Å². The molecule has 1 saturated carbocycles. The minimum Gasteiger partial charge on any atom is -0.497 e. The lowest BCUT2D eigenvalue weighted by Crippen LogP contribution is -2.28. The van der Waals surface area contributed by atoms with Crippen molar-refractivity contribution in [3.8, 4) is 17.0 Å². The Hall–Kier alpha value is -3.68. The fourth-order valence-electron chi connectivity index (χ4n) is 4.03. The Morgan fingerprint density at radius 2 is 2.16 bits per heavy atom. The van der Waals surface area contributed by atoms with E-state index in [9.17, 15) is 4.79 Å². The Bertz CT molecular complexity index is 1290. The number of carbonyl (C=O) groups is 1.